The van der Waals surface area contributed by atoms with Crippen LogP contribution in [0.15, 0.2) is 42.5 Å². The third-order valence-electron chi connectivity index (χ3n) is 2.90. The van der Waals surface area contributed by atoms with E-state index >= 15 is 0 Å². The van der Waals surface area contributed by atoms with Crippen LogP contribution in [-0.2, 0) is 6.42 Å². The van der Waals surface area contributed by atoms with Gasteiger partial charge in [0.05, 0.1) is 13.2 Å². The number of methoxy groups -OCH3 is 1. The van der Waals surface area contributed by atoms with E-state index in [1.807, 2.05) is 24.3 Å². The molecule has 1 N–H and O–H groups in total. The third-order valence-corrected chi connectivity index (χ3v) is 3.62. The molecule has 2 rings (SSSR count). The molecule has 0 heterocycles. The van der Waals surface area contributed by atoms with Crippen molar-refractivity contribution in [2.45, 2.75) is 12.5 Å². The molecule has 19 heavy (non-hydrogen) atoms. The summed E-state index contributed by atoms with van der Waals surface area (Å²) < 4.78 is 19.4. The van der Waals surface area contributed by atoms with Crippen molar-refractivity contribution in [3.8, 4) is 5.75 Å². The van der Waals surface area contributed by atoms with E-state index in [9.17, 15) is 9.50 Å². The quantitative estimate of drug-likeness (QED) is 0.830. The summed E-state index contributed by atoms with van der Waals surface area (Å²) in [5.74, 6) is -0.271. The molecule has 2 nitrogen and oxygen atoms in total. The maximum absolute atomic E-state index is 13.3. The Kier molecular flexibility index (Phi) is 4.76. The zero-order valence-corrected chi connectivity index (χ0v) is 12.6. The average molecular weight is 372 g/mol. The van der Waals surface area contributed by atoms with Gasteiger partial charge in [-0.1, -0.05) is 18.2 Å². The van der Waals surface area contributed by atoms with Gasteiger partial charge in [-0.3, -0.25) is 0 Å². The van der Waals surface area contributed by atoms with Gasteiger partial charge in [0.25, 0.3) is 0 Å². The highest BCUT2D eigenvalue weighted by molar-refractivity contribution is 14.1. The molecule has 0 amide bonds. The standard InChI is InChI=1S/C15H14FIO2/c1-19-15-9-11(4-7-13(15)16)14(18)8-10-2-5-12(17)6-3-10/h2-7,9,14,18H,8H2,1H3. The van der Waals surface area contributed by atoms with E-state index in [2.05, 4.69) is 22.6 Å². The minimum Gasteiger partial charge on any atom is -0.494 e. The van der Waals surface area contributed by atoms with E-state index in [0.29, 0.717) is 12.0 Å². The highest BCUT2D eigenvalue weighted by Crippen LogP contribution is 2.25. The number of benzene rings is 2. The molecular formula is C15H14FIO2. The first-order valence-electron chi connectivity index (χ1n) is 5.86. The normalized spacial score (nSPS) is 12.2. The molecule has 2 aromatic rings. The minimum absolute atomic E-state index is 0.152. The van der Waals surface area contributed by atoms with E-state index in [1.54, 1.807) is 6.07 Å². The first-order valence-corrected chi connectivity index (χ1v) is 6.94. The van der Waals surface area contributed by atoms with Gasteiger partial charge >= 0.3 is 0 Å². The summed E-state index contributed by atoms with van der Waals surface area (Å²) in [6, 6.07) is 12.4. The van der Waals surface area contributed by atoms with Crippen LogP contribution in [0.5, 0.6) is 5.75 Å². The number of halogens is 2. The number of hydrogen-bond acceptors (Lipinski definition) is 2. The highest BCUT2D eigenvalue weighted by atomic mass is 127. The lowest BCUT2D eigenvalue weighted by atomic mass is 10.0. The minimum atomic E-state index is -0.672. The molecule has 0 bridgehead atoms. The Balaban J connectivity index is 2.15. The van der Waals surface area contributed by atoms with Crippen molar-refractivity contribution in [1.82, 2.24) is 0 Å². The Morgan fingerprint density at radius 2 is 1.89 bits per heavy atom. The Morgan fingerprint density at radius 3 is 2.53 bits per heavy atom. The largest absolute Gasteiger partial charge is 0.494 e. The monoisotopic (exact) mass is 372 g/mol. The van der Waals surface area contributed by atoms with Crippen molar-refractivity contribution in [3.05, 3.63) is 63.0 Å². The van der Waals surface area contributed by atoms with Crippen molar-refractivity contribution in [2.24, 2.45) is 0 Å². The van der Waals surface area contributed by atoms with E-state index in [0.717, 1.165) is 9.13 Å². The van der Waals surface area contributed by atoms with Crippen molar-refractivity contribution in [2.75, 3.05) is 7.11 Å². The van der Waals surface area contributed by atoms with Gasteiger partial charge in [0, 0.05) is 9.99 Å². The van der Waals surface area contributed by atoms with Crippen LogP contribution in [-0.4, -0.2) is 12.2 Å². The van der Waals surface area contributed by atoms with Gasteiger partial charge in [-0.25, -0.2) is 4.39 Å². The summed E-state index contributed by atoms with van der Waals surface area (Å²) in [4.78, 5) is 0. The van der Waals surface area contributed by atoms with E-state index in [4.69, 9.17) is 4.74 Å². The fourth-order valence-corrected chi connectivity index (χ4v) is 2.20. The number of hydrogen-bond donors (Lipinski definition) is 1. The maximum atomic E-state index is 13.3. The molecule has 0 aliphatic carbocycles. The molecule has 0 saturated heterocycles. The molecule has 0 fully saturated rings. The molecule has 0 aliphatic heterocycles. The lowest BCUT2D eigenvalue weighted by Gasteiger charge is -2.13. The molecule has 100 valence electrons. The van der Waals surface area contributed by atoms with Gasteiger partial charge in [-0.15, -0.1) is 0 Å². The van der Waals surface area contributed by atoms with Crippen LogP contribution in [0.4, 0.5) is 4.39 Å². The first kappa shape index (κ1) is 14.3. The van der Waals surface area contributed by atoms with Crippen molar-refractivity contribution in [3.63, 3.8) is 0 Å². The summed E-state index contributed by atoms with van der Waals surface area (Å²) in [5.41, 5.74) is 1.69. The van der Waals surface area contributed by atoms with Crippen molar-refractivity contribution >= 4 is 22.6 Å². The van der Waals surface area contributed by atoms with E-state index < -0.39 is 11.9 Å². The number of ether oxygens (including phenoxy) is 1. The predicted octanol–water partition coefficient (Wildman–Crippen LogP) is 3.72. The summed E-state index contributed by atoms with van der Waals surface area (Å²) in [6.07, 6.45) is -0.180. The zero-order valence-electron chi connectivity index (χ0n) is 10.4. The summed E-state index contributed by atoms with van der Waals surface area (Å²) in [5, 5.41) is 10.2. The Bertz CT molecular complexity index is 555. The number of aliphatic hydroxyl groups is 1. The summed E-state index contributed by atoms with van der Waals surface area (Å²) in [7, 11) is 1.41. The molecule has 1 unspecified atom stereocenters. The average Bonchev–Trinajstić information content (AvgIpc) is 2.42. The molecule has 2 aromatic carbocycles. The van der Waals surface area contributed by atoms with Crippen LogP contribution in [0.2, 0.25) is 0 Å². The van der Waals surface area contributed by atoms with Gasteiger partial charge in [-0.05, 0) is 58.0 Å². The second-order valence-corrected chi connectivity index (χ2v) is 5.49. The Morgan fingerprint density at radius 1 is 1.21 bits per heavy atom. The number of aliphatic hydroxyl groups excluding tert-OH is 1. The third kappa shape index (κ3) is 3.67. The second kappa shape index (κ2) is 6.34. The van der Waals surface area contributed by atoms with Gasteiger partial charge in [-0.2, -0.15) is 0 Å². The first-order chi connectivity index (χ1) is 9.10. The molecule has 0 spiro atoms. The molecule has 0 aliphatic rings. The summed E-state index contributed by atoms with van der Waals surface area (Å²) >= 11 is 2.23. The van der Waals surface area contributed by atoms with Crippen LogP contribution >= 0.6 is 22.6 Å². The molecule has 1 atom stereocenters. The Labute approximate surface area is 125 Å². The second-order valence-electron chi connectivity index (χ2n) is 4.24. The van der Waals surface area contributed by atoms with E-state index in [-0.39, 0.29) is 5.75 Å². The van der Waals surface area contributed by atoms with Crippen LogP contribution in [0, 0.1) is 9.39 Å². The van der Waals surface area contributed by atoms with Crippen LogP contribution in [0.25, 0.3) is 0 Å². The van der Waals surface area contributed by atoms with Crippen LogP contribution in [0.3, 0.4) is 0 Å². The van der Waals surface area contributed by atoms with Crippen molar-refractivity contribution < 1.29 is 14.2 Å². The van der Waals surface area contributed by atoms with Crippen LogP contribution < -0.4 is 4.74 Å². The molecule has 0 radical (unpaired) electrons. The lowest BCUT2D eigenvalue weighted by Crippen LogP contribution is -2.03. The van der Waals surface area contributed by atoms with Gasteiger partial charge in [0.2, 0.25) is 0 Å². The van der Waals surface area contributed by atoms with Crippen molar-refractivity contribution in [1.29, 1.82) is 0 Å². The van der Waals surface area contributed by atoms with Gasteiger partial charge < -0.3 is 9.84 Å². The lowest BCUT2D eigenvalue weighted by molar-refractivity contribution is 0.178. The Hall–Kier alpha value is -1.14. The van der Waals surface area contributed by atoms with Gasteiger partial charge in [0.15, 0.2) is 11.6 Å². The molecule has 0 aromatic heterocycles. The van der Waals surface area contributed by atoms with Crippen LogP contribution in [0.1, 0.15) is 17.2 Å². The van der Waals surface area contributed by atoms with E-state index in [1.165, 1.54) is 19.2 Å². The topological polar surface area (TPSA) is 29.5 Å². The fourth-order valence-electron chi connectivity index (χ4n) is 1.85. The molecule has 4 heteroatoms. The summed E-state index contributed by atoms with van der Waals surface area (Å²) in [6.45, 7) is 0. The fraction of sp³-hybridized carbons (Fsp3) is 0.200. The van der Waals surface area contributed by atoms with Gasteiger partial charge in [0.1, 0.15) is 0 Å². The molecule has 0 saturated carbocycles. The number of rotatable bonds is 4. The highest BCUT2D eigenvalue weighted by Gasteiger charge is 2.12. The molecular weight excluding hydrogens is 358 g/mol. The SMILES string of the molecule is COc1cc(C(O)Cc2ccc(I)cc2)ccc1F. The zero-order chi connectivity index (χ0) is 13.8. The smallest absolute Gasteiger partial charge is 0.165 e. The predicted molar refractivity (Wildman–Crippen MR) is 80.8 cm³/mol. The maximum Gasteiger partial charge on any atom is 0.165 e.